The minimum Gasteiger partial charge on any atom is -1.00 e. The van der Waals surface area contributed by atoms with Gasteiger partial charge in [0.15, 0.2) is 11.9 Å². The molecular formula is C24H22BrNO. The maximum atomic E-state index is 12.6. The van der Waals surface area contributed by atoms with Crippen LogP contribution < -0.4 is 21.5 Å². The van der Waals surface area contributed by atoms with Gasteiger partial charge in [0.2, 0.25) is 12.3 Å². The molecule has 27 heavy (non-hydrogen) atoms. The average Bonchev–Trinajstić information content (AvgIpc) is 2.63. The van der Waals surface area contributed by atoms with Crippen LogP contribution in [0.5, 0.6) is 0 Å². The summed E-state index contributed by atoms with van der Waals surface area (Å²) in [6.07, 6.45) is 2.10. The number of nitrogens with zero attached hydrogens (tertiary/aromatic N) is 1. The van der Waals surface area contributed by atoms with Gasteiger partial charge >= 0.3 is 0 Å². The molecule has 0 amide bonds. The van der Waals surface area contributed by atoms with Crippen molar-refractivity contribution < 1.29 is 26.3 Å². The summed E-state index contributed by atoms with van der Waals surface area (Å²) in [4.78, 5) is 12.6. The summed E-state index contributed by atoms with van der Waals surface area (Å²) in [5.74, 6) is 0.130. The molecule has 4 aromatic rings. The Morgan fingerprint density at radius 3 is 1.96 bits per heavy atom. The van der Waals surface area contributed by atoms with E-state index in [0.717, 1.165) is 16.6 Å². The Hall–Kier alpha value is -2.52. The highest BCUT2D eigenvalue weighted by Crippen LogP contribution is 2.25. The zero-order chi connectivity index (χ0) is 18.3. The van der Waals surface area contributed by atoms with E-state index in [0.29, 0.717) is 6.54 Å². The van der Waals surface area contributed by atoms with Crippen LogP contribution in [0.2, 0.25) is 0 Å². The van der Waals surface area contributed by atoms with Crippen molar-refractivity contribution in [2.24, 2.45) is 0 Å². The van der Waals surface area contributed by atoms with Gasteiger partial charge in [-0.3, -0.25) is 4.79 Å². The Labute approximate surface area is 170 Å². The molecule has 0 atom stereocenters. The van der Waals surface area contributed by atoms with E-state index < -0.39 is 0 Å². The number of benzene rings is 3. The van der Waals surface area contributed by atoms with Gasteiger partial charge in [0, 0.05) is 23.9 Å². The number of hydrogen-bond acceptors (Lipinski definition) is 1. The fourth-order valence-electron chi connectivity index (χ4n) is 3.47. The van der Waals surface area contributed by atoms with Crippen LogP contribution in [0, 0.1) is 20.8 Å². The second-order valence-corrected chi connectivity index (χ2v) is 7.10. The monoisotopic (exact) mass is 419 g/mol. The number of halogens is 1. The maximum Gasteiger partial charge on any atom is 0.227 e. The second-order valence-electron chi connectivity index (χ2n) is 7.10. The van der Waals surface area contributed by atoms with E-state index in [9.17, 15) is 4.79 Å². The Kier molecular flexibility index (Phi) is 5.43. The van der Waals surface area contributed by atoms with Gasteiger partial charge in [0.05, 0.1) is 0 Å². The van der Waals surface area contributed by atoms with E-state index in [1.807, 2.05) is 34.9 Å². The quantitative estimate of drug-likeness (QED) is 0.283. The van der Waals surface area contributed by atoms with Crippen molar-refractivity contribution in [3.8, 4) is 0 Å². The van der Waals surface area contributed by atoms with Crippen molar-refractivity contribution in [3.63, 3.8) is 0 Å². The van der Waals surface area contributed by atoms with E-state index in [1.54, 1.807) is 0 Å². The lowest BCUT2D eigenvalue weighted by Crippen LogP contribution is -3.00. The van der Waals surface area contributed by atoms with E-state index in [2.05, 4.69) is 57.3 Å². The molecule has 0 N–H and O–H groups in total. The molecular weight excluding hydrogens is 398 g/mol. The normalized spacial score (nSPS) is 10.8. The van der Waals surface area contributed by atoms with Crippen molar-refractivity contribution in [2.75, 3.05) is 0 Å². The summed E-state index contributed by atoms with van der Waals surface area (Å²) in [5, 5.41) is 4.87. The molecule has 0 aliphatic carbocycles. The van der Waals surface area contributed by atoms with Gasteiger partial charge in [-0.15, -0.1) is 0 Å². The Morgan fingerprint density at radius 1 is 0.778 bits per heavy atom. The lowest BCUT2D eigenvalue weighted by atomic mass is 9.99. The minimum atomic E-state index is 0. The van der Waals surface area contributed by atoms with Crippen LogP contribution in [0.1, 0.15) is 27.2 Å². The minimum absolute atomic E-state index is 0. The predicted molar refractivity (Wildman–Crippen MR) is 107 cm³/mol. The number of ketones is 1. The van der Waals surface area contributed by atoms with Crippen LogP contribution in [-0.4, -0.2) is 5.78 Å². The van der Waals surface area contributed by atoms with Gasteiger partial charge < -0.3 is 17.0 Å². The number of carbonyl (C=O) groups is 1. The lowest BCUT2D eigenvalue weighted by Gasteiger charge is -2.07. The third kappa shape index (κ3) is 3.79. The summed E-state index contributed by atoms with van der Waals surface area (Å²) in [5.41, 5.74) is 4.46. The third-order valence-corrected chi connectivity index (χ3v) is 5.18. The molecule has 0 saturated carbocycles. The third-order valence-electron chi connectivity index (χ3n) is 5.18. The van der Waals surface area contributed by atoms with Crippen LogP contribution in [0.25, 0.3) is 21.5 Å². The molecule has 3 heteroatoms. The van der Waals surface area contributed by atoms with Crippen LogP contribution in [-0.2, 0) is 6.54 Å². The van der Waals surface area contributed by atoms with Gasteiger partial charge in [-0.1, -0.05) is 42.5 Å². The molecule has 0 bridgehead atoms. The fraction of sp³-hybridized carbons (Fsp3) is 0.167. The van der Waals surface area contributed by atoms with Crippen LogP contribution in [0.15, 0.2) is 66.9 Å². The van der Waals surface area contributed by atoms with E-state index in [4.69, 9.17) is 0 Å². The molecule has 3 aromatic carbocycles. The van der Waals surface area contributed by atoms with E-state index >= 15 is 0 Å². The number of aryl methyl sites for hydroxylation is 3. The number of rotatable bonds is 3. The summed E-state index contributed by atoms with van der Waals surface area (Å²) in [6.45, 7) is 6.71. The van der Waals surface area contributed by atoms with Crippen molar-refractivity contribution in [3.05, 3.63) is 89.2 Å². The summed E-state index contributed by atoms with van der Waals surface area (Å²) in [6, 6.07) is 20.6. The molecule has 2 nitrogen and oxygen atoms in total. The molecule has 0 saturated heterocycles. The molecule has 0 aliphatic heterocycles. The summed E-state index contributed by atoms with van der Waals surface area (Å²) in [7, 11) is 0. The fourth-order valence-corrected chi connectivity index (χ4v) is 3.47. The average molecular weight is 420 g/mol. The van der Waals surface area contributed by atoms with Crippen molar-refractivity contribution in [1.82, 2.24) is 0 Å². The standard InChI is InChI=1S/C24H22NO.BrH/c1-16-9-20-12-22-11-18(3)25(14-23(22)13-21(20)10-17(16)2)15-24(26)19-7-5-4-6-8-19;/h4-14H,15H2,1-3H3;1H/q+1;/p-1. The molecule has 0 fully saturated rings. The van der Waals surface area contributed by atoms with E-state index in [-0.39, 0.29) is 22.8 Å². The molecule has 136 valence electrons. The summed E-state index contributed by atoms with van der Waals surface area (Å²) >= 11 is 0. The first-order valence-corrected chi connectivity index (χ1v) is 8.94. The number of fused-ring (bicyclic) bond motifs is 2. The largest absolute Gasteiger partial charge is 1.00 e. The number of hydrogen-bond donors (Lipinski definition) is 0. The number of pyridine rings is 1. The lowest BCUT2D eigenvalue weighted by molar-refractivity contribution is -0.687. The smallest absolute Gasteiger partial charge is 0.227 e. The molecule has 4 rings (SSSR count). The van der Waals surface area contributed by atoms with Crippen LogP contribution in [0.4, 0.5) is 0 Å². The molecule has 0 spiro atoms. The second kappa shape index (κ2) is 7.61. The molecule has 0 radical (unpaired) electrons. The van der Waals surface area contributed by atoms with Gasteiger partial charge in [-0.2, -0.15) is 4.57 Å². The Balaban J connectivity index is 0.00000210. The Morgan fingerprint density at radius 2 is 1.33 bits per heavy atom. The number of carbonyl (C=O) groups excluding carboxylic acids is 1. The highest BCUT2D eigenvalue weighted by Gasteiger charge is 2.16. The topological polar surface area (TPSA) is 20.9 Å². The van der Waals surface area contributed by atoms with Crippen molar-refractivity contribution >= 4 is 27.3 Å². The highest BCUT2D eigenvalue weighted by molar-refractivity contribution is 5.98. The molecule has 1 aromatic heterocycles. The van der Waals surface area contributed by atoms with Gasteiger partial charge in [-0.05, 0) is 53.3 Å². The number of aromatic nitrogens is 1. The Bertz CT molecular complexity index is 1150. The van der Waals surface area contributed by atoms with Gasteiger partial charge in [0.1, 0.15) is 0 Å². The van der Waals surface area contributed by atoms with Crippen molar-refractivity contribution in [2.45, 2.75) is 27.3 Å². The summed E-state index contributed by atoms with van der Waals surface area (Å²) < 4.78 is 2.05. The van der Waals surface area contributed by atoms with Gasteiger partial charge in [0.25, 0.3) is 0 Å². The highest BCUT2D eigenvalue weighted by atomic mass is 79.9. The first-order valence-electron chi connectivity index (χ1n) is 8.94. The SMILES string of the molecule is Cc1cc2cc3cc(C)[n+](CC(=O)c4ccccc4)cc3cc2cc1C.[Br-]. The zero-order valence-corrected chi connectivity index (χ0v) is 17.4. The van der Waals surface area contributed by atoms with Crippen molar-refractivity contribution in [1.29, 1.82) is 0 Å². The van der Waals surface area contributed by atoms with Crippen LogP contribution >= 0.6 is 0 Å². The maximum absolute atomic E-state index is 12.6. The predicted octanol–water partition coefficient (Wildman–Crippen LogP) is 2.09. The molecule has 1 heterocycles. The first-order chi connectivity index (χ1) is 12.5. The van der Waals surface area contributed by atoms with E-state index in [1.165, 1.54) is 27.3 Å². The number of Topliss-reactive ketones (excluding diaryl/α,β-unsaturated/α-hetero) is 1. The molecule has 0 aliphatic rings. The first kappa shape index (κ1) is 19.2. The van der Waals surface area contributed by atoms with Gasteiger partial charge in [-0.25, -0.2) is 0 Å². The van der Waals surface area contributed by atoms with Crippen LogP contribution in [0.3, 0.4) is 0 Å². The molecule has 0 unspecified atom stereocenters. The zero-order valence-electron chi connectivity index (χ0n) is 15.8.